The van der Waals surface area contributed by atoms with E-state index in [-0.39, 0.29) is 35.6 Å². The number of nitrogens with one attached hydrogen (secondary N) is 1. The van der Waals surface area contributed by atoms with Crippen LogP contribution in [0.25, 0.3) is 10.9 Å². The van der Waals surface area contributed by atoms with Crippen molar-refractivity contribution in [2.45, 2.75) is 71.5 Å². The van der Waals surface area contributed by atoms with Gasteiger partial charge in [-0.3, -0.25) is 24.0 Å². The number of hydrogen-bond acceptors (Lipinski definition) is 5. The molecule has 0 aromatic carbocycles. The number of piperidine rings is 1. The largest absolute Gasteiger partial charge is 0.354 e. The zero-order chi connectivity index (χ0) is 22.6. The van der Waals surface area contributed by atoms with Crippen molar-refractivity contribution in [3.8, 4) is 0 Å². The van der Waals surface area contributed by atoms with Gasteiger partial charge in [0.15, 0.2) is 5.78 Å². The van der Waals surface area contributed by atoms with Crippen LogP contribution in [0.15, 0.2) is 18.5 Å². The third-order valence-electron chi connectivity index (χ3n) is 7.87. The van der Waals surface area contributed by atoms with Crippen molar-refractivity contribution in [2.24, 2.45) is 17.3 Å². The molecule has 0 radical (unpaired) electrons. The van der Waals surface area contributed by atoms with Gasteiger partial charge >= 0.3 is 0 Å². The summed E-state index contributed by atoms with van der Waals surface area (Å²) in [5.41, 5.74) is 1.25. The second kappa shape index (κ2) is 7.67. The number of pyridine rings is 1. The fourth-order valence-electron chi connectivity index (χ4n) is 5.78. The fourth-order valence-corrected chi connectivity index (χ4v) is 5.78. The van der Waals surface area contributed by atoms with Gasteiger partial charge in [-0.15, -0.1) is 0 Å². The highest BCUT2D eigenvalue weighted by Gasteiger charge is 2.56. The van der Waals surface area contributed by atoms with Crippen LogP contribution in [0, 0.1) is 17.3 Å². The van der Waals surface area contributed by atoms with Crippen molar-refractivity contribution in [3.05, 3.63) is 24.2 Å². The van der Waals surface area contributed by atoms with E-state index < -0.39 is 6.04 Å². The number of amides is 2. The van der Waals surface area contributed by atoms with Crippen LogP contribution in [-0.4, -0.2) is 55.9 Å². The summed E-state index contributed by atoms with van der Waals surface area (Å²) in [7, 11) is 0. The lowest BCUT2D eigenvalue weighted by Crippen LogP contribution is -2.50. The number of aromatic nitrogens is 3. The van der Waals surface area contributed by atoms with Gasteiger partial charge in [0.05, 0.1) is 11.7 Å². The predicted molar refractivity (Wildman–Crippen MR) is 119 cm³/mol. The van der Waals surface area contributed by atoms with Crippen LogP contribution in [0.5, 0.6) is 0 Å². The zero-order valence-corrected chi connectivity index (χ0v) is 19.0. The maximum atomic E-state index is 13.3. The van der Waals surface area contributed by atoms with E-state index in [1.165, 1.54) is 19.8 Å². The molecule has 1 N–H and O–H groups in total. The highest BCUT2D eigenvalue weighted by atomic mass is 16.2. The third-order valence-corrected chi connectivity index (χ3v) is 7.87. The molecule has 2 saturated carbocycles. The number of nitrogens with zero attached hydrogens (tertiary/aromatic N) is 4. The SMILES string of the molecule is CC(=O)c1nn(CC(=O)N2[C@@H]3CC3C[C@H]2C(=O)NCC2CCCC2(C)C)c2cnccc12. The van der Waals surface area contributed by atoms with E-state index in [1.807, 2.05) is 0 Å². The molecule has 2 unspecified atom stereocenters. The smallest absolute Gasteiger partial charge is 0.245 e. The van der Waals surface area contributed by atoms with E-state index in [2.05, 4.69) is 29.2 Å². The predicted octanol–water partition coefficient (Wildman–Crippen LogP) is 2.57. The van der Waals surface area contributed by atoms with Gasteiger partial charge < -0.3 is 10.2 Å². The van der Waals surface area contributed by atoms with Crippen LogP contribution in [0.3, 0.4) is 0 Å². The maximum absolute atomic E-state index is 13.3. The Labute approximate surface area is 187 Å². The van der Waals surface area contributed by atoms with Gasteiger partial charge in [0, 0.05) is 31.1 Å². The lowest BCUT2D eigenvalue weighted by Gasteiger charge is -2.30. The molecule has 3 fully saturated rings. The Hall–Kier alpha value is -2.77. The second-order valence-electron chi connectivity index (χ2n) is 10.4. The number of rotatable bonds is 6. The van der Waals surface area contributed by atoms with Crippen LogP contribution < -0.4 is 5.32 Å². The Morgan fingerprint density at radius 3 is 2.78 bits per heavy atom. The molecule has 2 aromatic rings. The van der Waals surface area contributed by atoms with Crippen LogP contribution in [0.2, 0.25) is 0 Å². The lowest BCUT2D eigenvalue weighted by atomic mass is 9.82. The molecule has 2 amide bonds. The number of likely N-dealkylation sites (tertiary alicyclic amines) is 1. The molecule has 3 aliphatic rings. The van der Waals surface area contributed by atoms with Crippen molar-refractivity contribution in [3.63, 3.8) is 0 Å². The van der Waals surface area contributed by atoms with Gasteiger partial charge in [-0.2, -0.15) is 5.10 Å². The molecule has 1 aliphatic heterocycles. The normalized spacial score (nSPS) is 28.0. The fraction of sp³-hybridized carbons (Fsp3) is 0.625. The molecule has 5 rings (SSSR count). The Kier molecular flexibility index (Phi) is 5.06. The highest BCUT2D eigenvalue weighted by molar-refractivity contribution is 6.04. The number of ketones is 1. The Balaban J connectivity index is 1.30. The summed E-state index contributed by atoms with van der Waals surface area (Å²) >= 11 is 0. The van der Waals surface area contributed by atoms with E-state index in [1.54, 1.807) is 28.0 Å². The summed E-state index contributed by atoms with van der Waals surface area (Å²) in [5.74, 6) is 0.591. The van der Waals surface area contributed by atoms with Gasteiger partial charge in [-0.1, -0.05) is 20.3 Å². The summed E-state index contributed by atoms with van der Waals surface area (Å²) in [4.78, 5) is 44.3. The van der Waals surface area contributed by atoms with Gasteiger partial charge in [-0.25, -0.2) is 0 Å². The van der Waals surface area contributed by atoms with Gasteiger partial charge in [-0.05, 0) is 49.0 Å². The summed E-state index contributed by atoms with van der Waals surface area (Å²) in [6.07, 6.45) is 8.48. The maximum Gasteiger partial charge on any atom is 0.245 e. The first kappa shape index (κ1) is 21.1. The standard InChI is InChI=1S/C24H31N5O3/c1-14(30)22-17-6-8-25-12-20(17)28(27-22)13-21(31)29-18-9-15(18)10-19(29)23(32)26-11-16-5-4-7-24(16,2)3/h6,8,12,15-16,18-19H,4-5,7,9-11,13H2,1-3H3,(H,26,32)/t15?,16?,18-,19+/m1/s1. The first-order valence-electron chi connectivity index (χ1n) is 11.7. The van der Waals surface area contributed by atoms with Crippen LogP contribution in [0.1, 0.15) is 63.4 Å². The molecule has 8 heteroatoms. The van der Waals surface area contributed by atoms with Crippen molar-refractivity contribution < 1.29 is 14.4 Å². The van der Waals surface area contributed by atoms with Crippen LogP contribution in [0.4, 0.5) is 0 Å². The monoisotopic (exact) mass is 437 g/mol. The summed E-state index contributed by atoms with van der Waals surface area (Å²) in [5, 5.41) is 8.24. The Morgan fingerprint density at radius 1 is 1.25 bits per heavy atom. The number of Topliss-reactive ketones (excluding diaryl/α,β-unsaturated/α-hetero) is 1. The molecule has 0 bridgehead atoms. The Bertz CT molecular complexity index is 1090. The number of carbonyl (C=O) groups is 3. The number of fused-ring (bicyclic) bond motifs is 2. The van der Waals surface area contributed by atoms with Gasteiger partial charge in [0.25, 0.3) is 0 Å². The molecular weight excluding hydrogens is 406 g/mol. The van der Waals surface area contributed by atoms with Gasteiger partial charge in [0.2, 0.25) is 11.8 Å². The molecule has 32 heavy (non-hydrogen) atoms. The molecule has 1 saturated heterocycles. The summed E-state index contributed by atoms with van der Waals surface area (Å²) < 4.78 is 1.55. The molecule has 2 aromatic heterocycles. The molecule has 8 nitrogen and oxygen atoms in total. The lowest BCUT2D eigenvalue weighted by molar-refractivity contribution is -0.140. The minimum absolute atomic E-state index is 0.00186. The quantitative estimate of drug-likeness (QED) is 0.701. The molecule has 170 valence electrons. The number of carbonyl (C=O) groups excluding carboxylic acids is 3. The van der Waals surface area contributed by atoms with Gasteiger partial charge in [0.1, 0.15) is 18.3 Å². The first-order valence-corrected chi connectivity index (χ1v) is 11.7. The minimum Gasteiger partial charge on any atom is -0.354 e. The van der Waals surface area contributed by atoms with Crippen molar-refractivity contribution in [2.75, 3.05) is 6.54 Å². The minimum atomic E-state index is -0.414. The first-order chi connectivity index (χ1) is 15.3. The number of hydrogen-bond donors (Lipinski definition) is 1. The molecule has 0 spiro atoms. The average Bonchev–Trinajstić information content (AvgIpc) is 3.08. The molecule has 4 atom stereocenters. The summed E-state index contributed by atoms with van der Waals surface area (Å²) in [6.45, 7) is 6.69. The highest BCUT2D eigenvalue weighted by Crippen LogP contribution is 2.48. The van der Waals surface area contributed by atoms with Crippen molar-refractivity contribution >= 4 is 28.5 Å². The van der Waals surface area contributed by atoms with Crippen molar-refractivity contribution in [1.82, 2.24) is 25.0 Å². The zero-order valence-electron chi connectivity index (χ0n) is 19.0. The van der Waals surface area contributed by atoms with Crippen LogP contribution >= 0.6 is 0 Å². The molecular formula is C24H31N5O3. The van der Waals surface area contributed by atoms with E-state index >= 15 is 0 Å². The molecule has 3 heterocycles. The van der Waals surface area contributed by atoms with E-state index in [0.29, 0.717) is 35.0 Å². The Morgan fingerprint density at radius 2 is 2.06 bits per heavy atom. The second-order valence-corrected chi connectivity index (χ2v) is 10.4. The van der Waals surface area contributed by atoms with Crippen LogP contribution in [-0.2, 0) is 16.1 Å². The molecule has 2 aliphatic carbocycles. The average molecular weight is 438 g/mol. The van der Waals surface area contributed by atoms with E-state index in [0.717, 1.165) is 19.3 Å². The summed E-state index contributed by atoms with van der Waals surface area (Å²) in [6, 6.07) is 1.48. The van der Waals surface area contributed by atoms with Crippen molar-refractivity contribution in [1.29, 1.82) is 0 Å². The third kappa shape index (κ3) is 3.59. The van der Waals surface area contributed by atoms with E-state index in [4.69, 9.17) is 0 Å². The topological polar surface area (TPSA) is 97.2 Å². The van der Waals surface area contributed by atoms with E-state index in [9.17, 15) is 14.4 Å².